The standard InChI is InChI=1S/C22H21ClF6N2O4S/c1-20(2,36(33,34)16-5-3-4-15(11-16)35-22(27,28)29)13-6-8-31(9-7-13)19(32)18-17(23)10-14(12-30-18)21(24,25)26/h3-5,10-13H,6-9H2,1-2H3. The fourth-order valence-corrected chi connectivity index (χ4v) is 6.10. The predicted molar refractivity (Wildman–Crippen MR) is 117 cm³/mol. The van der Waals surface area contributed by atoms with E-state index in [4.69, 9.17) is 11.6 Å². The molecule has 1 aliphatic rings. The number of benzene rings is 1. The average Bonchev–Trinajstić information content (AvgIpc) is 2.77. The molecule has 0 aliphatic carbocycles. The van der Waals surface area contributed by atoms with Crippen molar-refractivity contribution in [3.63, 3.8) is 0 Å². The third kappa shape index (κ3) is 5.88. The molecule has 0 saturated carbocycles. The van der Waals surface area contributed by atoms with E-state index in [1.54, 1.807) is 0 Å². The summed E-state index contributed by atoms with van der Waals surface area (Å²) in [5, 5.41) is -0.458. The minimum Gasteiger partial charge on any atom is -0.406 e. The van der Waals surface area contributed by atoms with Crippen molar-refractivity contribution in [3.8, 4) is 5.75 Å². The van der Waals surface area contributed by atoms with Gasteiger partial charge in [-0.15, -0.1) is 13.2 Å². The fourth-order valence-electron chi connectivity index (χ4n) is 4.04. The summed E-state index contributed by atoms with van der Waals surface area (Å²) in [6.45, 7) is 3.07. The minimum absolute atomic E-state index is 0.0820. The molecule has 1 aromatic carbocycles. The van der Waals surface area contributed by atoms with Crippen LogP contribution in [0, 0.1) is 5.92 Å². The van der Waals surface area contributed by atoms with Gasteiger partial charge in [-0.25, -0.2) is 13.4 Å². The number of rotatable bonds is 5. The molecule has 1 fully saturated rings. The normalized spacial score (nSPS) is 16.2. The SMILES string of the molecule is CC(C)(C1CCN(C(=O)c2ncc(C(F)(F)F)cc2Cl)CC1)S(=O)(=O)c1cccc(OC(F)(F)F)c1. The number of pyridine rings is 1. The van der Waals surface area contributed by atoms with Crippen LogP contribution < -0.4 is 4.74 Å². The largest absolute Gasteiger partial charge is 0.573 e. The van der Waals surface area contributed by atoms with Crippen LogP contribution in [0.5, 0.6) is 5.75 Å². The van der Waals surface area contributed by atoms with Crippen LogP contribution in [-0.4, -0.2) is 48.4 Å². The number of hydrogen-bond acceptors (Lipinski definition) is 5. The van der Waals surface area contributed by atoms with Gasteiger partial charge >= 0.3 is 12.5 Å². The first-order valence-corrected chi connectivity index (χ1v) is 12.4. The van der Waals surface area contributed by atoms with E-state index in [0.29, 0.717) is 12.3 Å². The molecule has 1 aromatic heterocycles. The summed E-state index contributed by atoms with van der Waals surface area (Å²) in [6, 6.07) is 4.73. The first kappa shape index (κ1) is 28.0. The van der Waals surface area contributed by atoms with Crippen LogP contribution in [-0.2, 0) is 16.0 Å². The number of nitrogens with zero attached hydrogens (tertiary/aromatic N) is 2. The molecule has 0 radical (unpaired) electrons. The lowest BCUT2D eigenvalue weighted by molar-refractivity contribution is -0.274. The van der Waals surface area contributed by atoms with Gasteiger partial charge in [0.2, 0.25) is 0 Å². The van der Waals surface area contributed by atoms with Gasteiger partial charge in [0.1, 0.15) is 11.4 Å². The Bertz CT molecular complexity index is 1240. The summed E-state index contributed by atoms with van der Waals surface area (Å²) in [4.78, 5) is 17.3. The number of sulfone groups is 1. The number of carbonyl (C=O) groups excluding carboxylic acids is 1. The van der Waals surface area contributed by atoms with E-state index in [-0.39, 0.29) is 36.5 Å². The van der Waals surface area contributed by atoms with Crippen molar-refractivity contribution in [3.05, 3.63) is 52.8 Å². The Morgan fingerprint density at radius 1 is 1.08 bits per heavy atom. The highest BCUT2D eigenvalue weighted by Crippen LogP contribution is 2.39. The lowest BCUT2D eigenvalue weighted by Gasteiger charge is -2.40. The van der Waals surface area contributed by atoms with Gasteiger partial charge in [0.15, 0.2) is 9.84 Å². The van der Waals surface area contributed by atoms with Crippen LogP contribution >= 0.6 is 11.6 Å². The Morgan fingerprint density at radius 3 is 2.22 bits per heavy atom. The quantitative estimate of drug-likeness (QED) is 0.436. The number of alkyl halides is 6. The van der Waals surface area contributed by atoms with Crippen LogP contribution in [0.3, 0.4) is 0 Å². The predicted octanol–water partition coefficient (Wildman–Crippen LogP) is 5.76. The lowest BCUT2D eigenvalue weighted by atomic mass is 9.85. The molecule has 2 aromatic rings. The summed E-state index contributed by atoms with van der Waals surface area (Å²) in [6.07, 6.45) is -8.71. The van der Waals surface area contributed by atoms with E-state index in [0.717, 1.165) is 18.2 Å². The van der Waals surface area contributed by atoms with E-state index in [2.05, 4.69) is 9.72 Å². The fraction of sp³-hybridized carbons (Fsp3) is 0.455. The van der Waals surface area contributed by atoms with E-state index in [9.17, 15) is 39.6 Å². The van der Waals surface area contributed by atoms with E-state index < -0.39 is 55.3 Å². The molecule has 0 unspecified atom stereocenters. The highest BCUT2D eigenvalue weighted by molar-refractivity contribution is 7.92. The van der Waals surface area contributed by atoms with E-state index >= 15 is 0 Å². The molecule has 1 saturated heterocycles. The number of carbonyl (C=O) groups is 1. The Balaban J connectivity index is 1.74. The van der Waals surface area contributed by atoms with E-state index in [1.165, 1.54) is 24.8 Å². The van der Waals surface area contributed by atoms with Crippen molar-refractivity contribution in [2.45, 2.75) is 48.9 Å². The van der Waals surface area contributed by atoms with Crippen LogP contribution in [0.2, 0.25) is 5.02 Å². The van der Waals surface area contributed by atoms with Crippen molar-refractivity contribution in [1.29, 1.82) is 0 Å². The highest BCUT2D eigenvalue weighted by atomic mass is 35.5. The number of amides is 1. The average molecular weight is 559 g/mol. The highest BCUT2D eigenvalue weighted by Gasteiger charge is 2.45. The Kier molecular flexibility index (Phi) is 7.58. The second-order valence-corrected chi connectivity index (χ2v) is 11.7. The zero-order valence-corrected chi connectivity index (χ0v) is 20.5. The molecule has 1 amide bonds. The summed E-state index contributed by atoms with van der Waals surface area (Å²) < 4.78 is 105. The number of hydrogen-bond donors (Lipinski definition) is 0. The van der Waals surface area contributed by atoms with Crippen LogP contribution in [0.25, 0.3) is 0 Å². The van der Waals surface area contributed by atoms with Gasteiger partial charge in [0.25, 0.3) is 5.91 Å². The van der Waals surface area contributed by atoms with Crippen LogP contribution in [0.1, 0.15) is 42.7 Å². The van der Waals surface area contributed by atoms with Gasteiger partial charge in [-0.3, -0.25) is 4.79 Å². The Labute approximate surface area is 208 Å². The van der Waals surface area contributed by atoms with Gasteiger partial charge in [0.05, 0.1) is 20.2 Å². The van der Waals surface area contributed by atoms with Gasteiger partial charge in [-0.2, -0.15) is 13.2 Å². The molecular weight excluding hydrogens is 538 g/mol. The number of likely N-dealkylation sites (tertiary alicyclic amines) is 1. The van der Waals surface area contributed by atoms with Gasteiger partial charge < -0.3 is 9.64 Å². The maximum absolute atomic E-state index is 13.3. The lowest BCUT2D eigenvalue weighted by Crippen LogP contribution is -2.47. The van der Waals surface area contributed by atoms with Crippen LogP contribution in [0.4, 0.5) is 26.3 Å². The number of ether oxygens (including phenoxy) is 1. The molecule has 14 heteroatoms. The van der Waals surface area contributed by atoms with E-state index in [1.807, 2.05) is 0 Å². The van der Waals surface area contributed by atoms with Crippen molar-refractivity contribution in [1.82, 2.24) is 9.88 Å². The topological polar surface area (TPSA) is 76.6 Å². The first-order chi connectivity index (χ1) is 16.4. The van der Waals surface area contributed by atoms with Crippen molar-refractivity contribution < 1.29 is 44.3 Å². The third-order valence-electron chi connectivity index (χ3n) is 6.18. The maximum atomic E-state index is 13.3. The third-order valence-corrected chi connectivity index (χ3v) is 9.06. The minimum atomic E-state index is -4.98. The Hall–Kier alpha value is -2.54. The molecular formula is C22H21ClF6N2O4S. The monoisotopic (exact) mass is 558 g/mol. The Morgan fingerprint density at radius 2 is 1.69 bits per heavy atom. The second kappa shape index (κ2) is 9.73. The summed E-state index contributed by atoms with van der Waals surface area (Å²) in [7, 11) is -4.12. The number of aromatic nitrogens is 1. The molecule has 36 heavy (non-hydrogen) atoms. The smallest absolute Gasteiger partial charge is 0.406 e. The second-order valence-electron chi connectivity index (χ2n) is 8.75. The molecule has 0 atom stereocenters. The summed E-state index contributed by atoms with van der Waals surface area (Å²) in [5.74, 6) is -1.83. The van der Waals surface area contributed by atoms with Crippen molar-refractivity contribution >= 4 is 27.3 Å². The molecule has 0 N–H and O–H groups in total. The number of halogens is 7. The summed E-state index contributed by atoms with van der Waals surface area (Å²) in [5.41, 5.74) is -1.45. The van der Waals surface area contributed by atoms with Crippen molar-refractivity contribution in [2.75, 3.05) is 13.1 Å². The van der Waals surface area contributed by atoms with Gasteiger partial charge in [0, 0.05) is 19.3 Å². The molecule has 6 nitrogen and oxygen atoms in total. The molecule has 198 valence electrons. The molecule has 1 aliphatic heterocycles. The van der Waals surface area contributed by atoms with Gasteiger partial charge in [-0.1, -0.05) is 17.7 Å². The number of piperidine rings is 1. The zero-order chi connectivity index (χ0) is 27.1. The molecule has 3 rings (SSSR count). The first-order valence-electron chi connectivity index (χ1n) is 10.6. The zero-order valence-electron chi connectivity index (χ0n) is 19.0. The molecule has 0 spiro atoms. The maximum Gasteiger partial charge on any atom is 0.573 e. The van der Waals surface area contributed by atoms with Crippen LogP contribution in [0.15, 0.2) is 41.4 Å². The summed E-state index contributed by atoms with van der Waals surface area (Å²) >= 11 is 5.86. The molecule has 0 bridgehead atoms. The van der Waals surface area contributed by atoms with Crippen molar-refractivity contribution in [2.24, 2.45) is 5.92 Å². The molecule has 2 heterocycles. The van der Waals surface area contributed by atoms with Gasteiger partial charge in [-0.05, 0) is 56.9 Å².